The summed E-state index contributed by atoms with van der Waals surface area (Å²) in [4.78, 5) is 10.6. The number of carbonyl (C=O) groups is 1. The molecule has 0 spiro atoms. The van der Waals surface area contributed by atoms with Crippen LogP contribution in [0.25, 0.3) is 0 Å². The van der Waals surface area contributed by atoms with Gasteiger partial charge in [-0.25, -0.2) is 0 Å². The third kappa shape index (κ3) is 4.77. The minimum Gasteiger partial charge on any atom is -0.299 e. The van der Waals surface area contributed by atoms with Gasteiger partial charge in [0.2, 0.25) is 0 Å². The zero-order valence-electron chi connectivity index (χ0n) is 21.1. The van der Waals surface area contributed by atoms with Gasteiger partial charge in [0.15, 0.2) is 0 Å². The number of hydrogen-bond acceptors (Lipinski definition) is 1. The molecular weight excluding hydrogens is 383 g/mol. The molecule has 0 radical (unpaired) electrons. The second-order valence-corrected chi connectivity index (χ2v) is 11.7. The molecule has 4 fully saturated rings. The van der Waals surface area contributed by atoms with Crippen molar-refractivity contribution in [3.63, 3.8) is 0 Å². The van der Waals surface area contributed by atoms with E-state index >= 15 is 0 Å². The SMILES string of the molecule is C=C1CC2CCCCC2(C)C2CCC3(C)C(CCCPC=O)CCC3C12.CC.CC. The molecule has 0 aromatic rings. The lowest BCUT2D eigenvalue weighted by Gasteiger charge is -2.61. The molecule has 8 unspecified atom stereocenters. The van der Waals surface area contributed by atoms with E-state index in [1.54, 1.807) is 5.57 Å². The summed E-state index contributed by atoms with van der Waals surface area (Å²) in [5, 5.41) is 0. The molecule has 0 saturated heterocycles. The molecule has 0 aromatic heterocycles. The first-order valence-electron chi connectivity index (χ1n) is 13.4. The zero-order valence-corrected chi connectivity index (χ0v) is 22.1. The first-order valence-corrected chi connectivity index (χ1v) is 14.6. The van der Waals surface area contributed by atoms with Crippen molar-refractivity contribution in [2.24, 2.45) is 40.4 Å². The molecule has 4 rings (SSSR count). The molecule has 30 heavy (non-hydrogen) atoms. The molecule has 0 amide bonds. The highest BCUT2D eigenvalue weighted by atomic mass is 31.1. The van der Waals surface area contributed by atoms with E-state index in [2.05, 4.69) is 20.4 Å². The molecule has 0 aliphatic heterocycles. The van der Waals surface area contributed by atoms with E-state index in [9.17, 15) is 4.79 Å². The smallest absolute Gasteiger partial charge is 0.138 e. The lowest BCUT2D eigenvalue weighted by molar-refractivity contribution is -0.0856. The molecule has 1 nitrogen and oxygen atoms in total. The van der Waals surface area contributed by atoms with E-state index in [4.69, 9.17) is 0 Å². The van der Waals surface area contributed by atoms with Gasteiger partial charge in [0, 0.05) is 0 Å². The van der Waals surface area contributed by atoms with Crippen LogP contribution in [0.2, 0.25) is 0 Å². The van der Waals surface area contributed by atoms with E-state index < -0.39 is 0 Å². The lowest BCUT2D eigenvalue weighted by Crippen LogP contribution is -2.53. The van der Waals surface area contributed by atoms with Gasteiger partial charge in [-0.05, 0) is 104 Å². The van der Waals surface area contributed by atoms with E-state index in [0.29, 0.717) is 19.4 Å². The summed E-state index contributed by atoms with van der Waals surface area (Å²) in [7, 11) is 0.526. The van der Waals surface area contributed by atoms with Crippen LogP contribution in [0.4, 0.5) is 0 Å². The summed E-state index contributed by atoms with van der Waals surface area (Å²) in [6.45, 7) is 18.0. The molecule has 0 aromatic carbocycles. The van der Waals surface area contributed by atoms with E-state index in [0.717, 1.165) is 41.8 Å². The van der Waals surface area contributed by atoms with E-state index in [1.165, 1.54) is 70.6 Å². The maximum atomic E-state index is 10.6. The second-order valence-electron chi connectivity index (χ2n) is 10.6. The third-order valence-corrected chi connectivity index (χ3v) is 10.5. The topological polar surface area (TPSA) is 17.1 Å². The Balaban J connectivity index is 0.000000757. The highest BCUT2D eigenvalue weighted by Crippen LogP contribution is 2.68. The van der Waals surface area contributed by atoms with Gasteiger partial charge in [-0.15, -0.1) is 0 Å². The predicted molar refractivity (Wildman–Crippen MR) is 136 cm³/mol. The van der Waals surface area contributed by atoms with Crippen LogP contribution >= 0.6 is 8.58 Å². The highest BCUT2D eigenvalue weighted by Gasteiger charge is 2.60. The molecular formula is C28H51OP. The van der Waals surface area contributed by atoms with Gasteiger partial charge in [-0.1, -0.05) is 75.1 Å². The van der Waals surface area contributed by atoms with Crippen LogP contribution in [-0.4, -0.2) is 12.2 Å². The minimum atomic E-state index is 0.526. The first-order chi connectivity index (χ1) is 14.5. The number of fused-ring (bicyclic) bond motifs is 5. The summed E-state index contributed by atoms with van der Waals surface area (Å²) in [6, 6.07) is 1.12. The molecule has 4 aliphatic rings. The van der Waals surface area contributed by atoms with E-state index in [1.807, 2.05) is 27.7 Å². The molecule has 4 saturated carbocycles. The van der Waals surface area contributed by atoms with E-state index in [-0.39, 0.29) is 0 Å². The lowest BCUT2D eigenvalue weighted by atomic mass is 9.44. The van der Waals surface area contributed by atoms with Gasteiger partial charge in [0.05, 0.1) is 0 Å². The van der Waals surface area contributed by atoms with Gasteiger partial charge in [-0.2, -0.15) is 0 Å². The van der Waals surface area contributed by atoms with Crippen molar-refractivity contribution < 1.29 is 4.79 Å². The van der Waals surface area contributed by atoms with Crippen LogP contribution in [0.15, 0.2) is 12.2 Å². The third-order valence-electron chi connectivity index (χ3n) is 9.70. The highest BCUT2D eigenvalue weighted by molar-refractivity contribution is 7.54. The Morgan fingerprint density at radius 3 is 2.37 bits per heavy atom. The van der Waals surface area contributed by atoms with Crippen molar-refractivity contribution in [3.8, 4) is 0 Å². The predicted octanol–water partition coefficient (Wildman–Crippen LogP) is 8.90. The van der Waals surface area contributed by atoms with Crippen molar-refractivity contribution in [2.45, 2.75) is 112 Å². The Morgan fingerprint density at radius 1 is 0.967 bits per heavy atom. The van der Waals surface area contributed by atoms with Crippen LogP contribution in [0.5, 0.6) is 0 Å². The maximum absolute atomic E-state index is 10.6. The quantitative estimate of drug-likeness (QED) is 0.183. The van der Waals surface area contributed by atoms with Crippen molar-refractivity contribution in [1.82, 2.24) is 0 Å². The Labute approximate surface area is 190 Å². The summed E-state index contributed by atoms with van der Waals surface area (Å²) < 4.78 is 0. The normalized spacial score (nSPS) is 42.2. The number of hydrogen-bond donors (Lipinski definition) is 0. The molecule has 4 aliphatic carbocycles. The van der Waals surface area contributed by atoms with Crippen LogP contribution < -0.4 is 0 Å². The largest absolute Gasteiger partial charge is 0.299 e. The molecule has 174 valence electrons. The fourth-order valence-corrected chi connectivity index (χ4v) is 8.77. The summed E-state index contributed by atoms with van der Waals surface area (Å²) >= 11 is 0. The number of carbonyl (C=O) groups excluding carboxylic acids is 1. The summed E-state index contributed by atoms with van der Waals surface area (Å²) in [5.74, 6) is 4.45. The maximum Gasteiger partial charge on any atom is 0.138 e. The molecule has 8 atom stereocenters. The van der Waals surface area contributed by atoms with Gasteiger partial charge in [0.25, 0.3) is 0 Å². The van der Waals surface area contributed by atoms with Crippen molar-refractivity contribution in [1.29, 1.82) is 0 Å². The average Bonchev–Trinajstić information content (AvgIpc) is 3.11. The second kappa shape index (κ2) is 11.6. The Kier molecular flexibility index (Phi) is 10.1. The van der Waals surface area contributed by atoms with Crippen LogP contribution in [0, 0.1) is 40.4 Å². The summed E-state index contributed by atoms with van der Waals surface area (Å²) in [5.41, 5.74) is 2.79. The fourth-order valence-electron chi connectivity index (χ4n) is 8.25. The van der Waals surface area contributed by atoms with Crippen LogP contribution in [-0.2, 0) is 4.79 Å². The van der Waals surface area contributed by atoms with Crippen molar-refractivity contribution in [3.05, 3.63) is 12.2 Å². The van der Waals surface area contributed by atoms with Gasteiger partial charge in [-0.3, -0.25) is 4.79 Å². The first kappa shape index (κ1) is 26.1. The Hall–Kier alpha value is -0.160. The number of rotatable bonds is 5. The fraction of sp³-hybridized carbons (Fsp3) is 0.893. The van der Waals surface area contributed by atoms with Gasteiger partial charge in [0.1, 0.15) is 6.03 Å². The standard InChI is InChI=1S/C24H39OP.2C2H6/c1-17-15-19-7-4-5-12-23(19,2)21-11-13-24(3)18(8-6-14-26-16-25)9-10-20(24)22(17)21;2*1-2/h16,18-22,26H,1,4-15H2,2-3H3;2*1-2H3. The van der Waals surface area contributed by atoms with Crippen LogP contribution in [0.1, 0.15) is 112 Å². The molecule has 0 heterocycles. The monoisotopic (exact) mass is 434 g/mol. The zero-order chi connectivity index (χ0) is 22.4. The van der Waals surface area contributed by atoms with Crippen molar-refractivity contribution >= 4 is 14.6 Å². The average molecular weight is 435 g/mol. The summed E-state index contributed by atoms with van der Waals surface area (Å²) in [6.07, 6.45) is 16.7. The number of allylic oxidation sites excluding steroid dienone is 1. The Morgan fingerprint density at radius 2 is 1.67 bits per heavy atom. The minimum absolute atomic E-state index is 0.526. The van der Waals surface area contributed by atoms with Gasteiger partial charge < -0.3 is 0 Å². The molecule has 0 bridgehead atoms. The molecule has 2 heteroatoms. The molecule has 0 N–H and O–H groups in total. The van der Waals surface area contributed by atoms with Crippen molar-refractivity contribution in [2.75, 3.05) is 6.16 Å². The van der Waals surface area contributed by atoms with Gasteiger partial charge >= 0.3 is 0 Å². The van der Waals surface area contributed by atoms with Crippen LogP contribution in [0.3, 0.4) is 0 Å². The Bertz CT molecular complexity index is 557.